The van der Waals surface area contributed by atoms with Crippen molar-refractivity contribution in [3.05, 3.63) is 12.2 Å². The van der Waals surface area contributed by atoms with Crippen LogP contribution in [0.15, 0.2) is 12.2 Å². The fourth-order valence-electron chi connectivity index (χ4n) is 6.35. The molecule has 0 spiro atoms. The summed E-state index contributed by atoms with van der Waals surface area (Å²) in [6.07, 6.45) is 46.2. The van der Waals surface area contributed by atoms with E-state index in [2.05, 4.69) is 19.2 Å². The minimum Gasteiger partial charge on any atom is -0.394 e. The molecule has 0 aliphatic carbocycles. The second-order valence-electron chi connectivity index (χ2n) is 14.1. The summed E-state index contributed by atoms with van der Waals surface area (Å²) >= 11 is 0. The maximum Gasteiger partial charge on any atom is 0.220 e. The van der Waals surface area contributed by atoms with Crippen LogP contribution in [0.4, 0.5) is 0 Å². The summed E-state index contributed by atoms with van der Waals surface area (Å²) in [5.74, 6) is -0.0694. The van der Waals surface area contributed by atoms with E-state index >= 15 is 0 Å². The number of carbonyl (C=O) groups excluding carboxylic acids is 1. The number of hydrogen-bond acceptors (Lipinski definition) is 3. The average Bonchev–Trinajstić information content (AvgIpc) is 3.04. The molecule has 3 N–H and O–H groups in total. The molecule has 2 atom stereocenters. The molecular formula is C41H81NO3. The summed E-state index contributed by atoms with van der Waals surface area (Å²) < 4.78 is 0. The minimum absolute atomic E-state index is 0.0694. The third-order valence-corrected chi connectivity index (χ3v) is 9.52. The molecule has 0 aliphatic heterocycles. The molecule has 268 valence electrons. The van der Waals surface area contributed by atoms with Crippen molar-refractivity contribution in [1.82, 2.24) is 5.32 Å². The topological polar surface area (TPSA) is 69.6 Å². The molecule has 0 fully saturated rings. The van der Waals surface area contributed by atoms with Gasteiger partial charge in [-0.2, -0.15) is 0 Å². The van der Waals surface area contributed by atoms with Crippen LogP contribution < -0.4 is 5.32 Å². The van der Waals surface area contributed by atoms with Crippen LogP contribution in [0.1, 0.15) is 226 Å². The van der Waals surface area contributed by atoms with Gasteiger partial charge in [0, 0.05) is 6.42 Å². The van der Waals surface area contributed by atoms with Crippen LogP contribution in [0.2, 0.25) is 0 Å². The van der Waals surface area contributed by atoms with Crippen molar-refractivity contribution in [1.29, 1.82) is 0 Å². The van der Waals surface area contributed by atoms with E-state index in [0.717, 1.165) is 25.7 Å². The van der Waals surface area contributed by atoms with E-state index in [1.54, 1.807) is 6.08 Å². The molecule has 0 heterocycles. The fourth-order valence-corrected chi connectivity index (χ4v) is 6.35. The van der Waals surface area contributed by atoms with E-state index in [1.165, 1.54) is 180 Å². The van der Waals surface area contributed by atoms with Gasteiger partial charge in [0.2, 0.25) is 5.91 Å². The number of aliphatic hydroxyl groups is 2. The Morgan fingerprint density at radius 3 is 1.16 bits per heavy atom. The molecule has 4 heteroatoms. The van der Waals surface area contributed by atoms with E-state index in [4.69, 9.17) is 0 Å². The van der Waals surface area contributed by atoms with Crippen LogP contribution >= 0.6 is 0 Å². The predicted octanol–water partition coefficient (Wildman–Crippen LogP) is 12.3. The largest absolute Gasteiger partial charge is 0.394 e. The normalized spacial score (nSPS) is 13.1. The number of amides is 1. The van der Waals surface area contributed by atoms with E-state index in [-0.39, 0.29) is 12.5 Å². The lowest BCUT2D eigenvalue weighted by atomic mass is 10.0. The smallest absolute Gasteiger partial charge is 0.220 e. The quantitative estimate of drug-likeness (QED) is 0.0470. The Morgan fingerprint density at radius 2 is 0.822 bits per heavy atom. The minimum atomic E-state index is -0.831. The Labute approximate surface area is 282 Å². The van der Waals surface area contributed by atoms with Crippen molar-refractivity contribution in [3.63, 3.8) is 0 Å². The van der Waals surface area contributed by atoms with E-state index in [9.17, 15) is 15.0 Å². The molecule has 0 aromatic rings. The number of unbranched alkanes of at least 4 members (excludes halogenated alkanes) is 30. The number of carbonyl (C=O) groups is 1. The van der Waals surface area contributed by atoms with Gasteiger partial charge < -0.3 is 15.5 Å². The van der Waals surface area contributed by atoms with E-state index in [0.29, 0.717) is 6.42 Å². The first-order valence-electron chi connectivity index (χ1n) is 20.4. The van der Waals surface area contributed by atoms with Gasteiger partial charge in [-0.3, -0.25) is 4.79 Å². The fraction of sp³-hybridized carbons (Fsp3) is 0.927. The standard InChI is InChI=1S/C41H81NO3/c1-3-5-7-9-11-12-13-14-15-16-17-18-19-20-21-22-23-24-25-26-27-28-29-31-32-34-36-40(44)39(38-43)42-41(45)37-35-33-30-10-8-6-4-2/h34,36,39-40,43-44H,3-33,35,37-38H2,1-2H3,(H,42,45)/b36-34+. The highest BCUT2D eigenvalue weighted by Gasteiger charge is 2.17. The van der Waals surface area contributed by atoms with Crippen LogP contribution in [0, 0.1) is 0 Å². The molecule has 0 radical (unpaired) electrons. The Balaban J connectivity index is 3.43. The van der Waals surface area contributed by atoms with Crippen LogP contribution in [-0.4, -0.2) is 34.9 Å². The number of allylic oxidation sites excluding steroid dienone is 1. The Kier molecular flexibility index (Phi) is 36.9. The van der Waals surface area contributed by atoms with Gasteiger partial charge in [0.15, 0.2) is 0 Å². The highest BCUT2D eigenvalue weighted by molar-refractivity contribution is 5.76. The molecular weight excluding hydrogens is 554 g/mol. The molecule has 1 amide bonds. The van der Waals surface area contributed by atoms with Crippen molar-refractivity contribution in [3.8, 4) is 0 Å². The molecule has 0 bridgehead atoms. The summed E-state index contributed by atoms with van der Waals surface area (Å²) in [4.78, 5) is 12.2. The van der Waals surface area contributed by atoms with Crippen molar-refractivity contribution < 1.29 is 15.0 Å². The van der Waals surface area contributed by atoms with Gasteiger partial charge in [0.1, 0.15) is 0 Å². The van der Waals surface area contributed by atoms with Crippen LogP contribution in [0.3, 0.4) is 0 Å². The maximum atomic E-state index is 12.2. The van der Waals surface area contributed by atoms with Gasteiger partial charge in [-0.15, -0.1) is 0 Å². The van der Waals surface area contributed by atoms with Gasteiger partial charge in [-0.1, -0.05) is 212 Å². The lowest BCUT2D eigenvalue weighted by molar-refractivity contribution is -0.123. The molecule has 45 heavy (non-hydrogen) atoms. The van der Waals surface area contributed by atoms with E-state index in [1.807, 2.05) is 6.08 Å². The monoisotopic (exact) mass is 636 g/mol. The van der Waals surface area contributed by atoms with Gasteiger partial charge in [0.25, 0.3) is 0 Å². The average molecular weight is 636 g/mol. The molecule has 0 saturated heterocycles. The first-order valence-corrected chi connectivity index (χ1v) is 20.4. The zero-order valence-corrected chi connectivity index (χ0v) is 30.7. The van der Waals surface area contributed by atoms with Gasteiger partial charge in [-0.05, 0) is 19.3 Å². The SMILES string of the molecule is CCCCCCCCCCCCCCCCCCCCCCCCCC/C=C/C(O)C(CO)NC(=O)CCCCCCCCC. The van der Waals surface area contributed by atoms with E-state index < -0.39 is 12.1 Å². The molecule has 0 aliphatic rings. The molecule has 4 nitrogen and oxygen atoms in total. The zero-order chi connectivity index (χ0) is 32.9. The van der Waals surface area contributed by atoms with Crippen LogP contribution in [0.25, 0.3) is 0 Å². The molecule has 0 saturated carbocycles. The van der Waals surface area contributed by atoms with Crippen molar-refractivity contribution in [2.45, 2.75) is 238 Å². The lowest BCUT2D eigenvalue weighted by Gasteiger charge is -2.20. The second kappa shape index (κ2) is 37.6. The molecule has 0 rings (SSSR count). The predicted molar refractivity (Wildman–Crippen MR) is 198 cm³/mol. The number of rotatable bonds is 37. The summed E-state index contributed by atoms with van der Waals surface area (Å²) in [5, 5.41) is 22.8. The summed E-state index contributed by atoms with van der Waals surface area (Å²) in [7, 11) is 0. The van der Waals surface area contributed by atoms with Crippen molar-refractivity contribution in [2.75, 3.05) is 6.61 Å². The highest BCUT2D eigenvalue weighted by atomic mass is 16.3. The van der Waals surface area contributed by atoms with Crippen LogP contribution in [0.5, 0.6) is 0 Å². The maximum absolute atomic E-state index is 12.2. The first-order chi connectivity index (χ1) is 22.2. The summed E-state index contributed by atoms with van der Waals surface area (Å²) in [5.41, 5.74) is 0. The van der Waals surface area contributed by atoms with Gasteiger partial charge in [-0.25, -0.2) is 0 Å². The molecule has 0 aromatic heterocycles. The van der Waals surface area contributed by atoms with Crippen molar-refractivity contribution in [2.24, 2.45) is 0 Å². The molecule has 2 unspecified atom stereocenters. The highest BCUT2D eigenvalue weighted by Crippen LogP contribution is 2.16. The Hall–Kier alpha value is -0.870. The summed E-state index contributed by atoms with van der Waals surface area (Å²) in [6.45, 7) is 4.27. The van der Waals surface area contributed by atoms with Crippen molar-refractivity contribution >= 4 is 5.91 Å². The second-order valence-corrected chi connectivity index (χ2v) is 14.1. The van der Waals surface area contributed by atoms with Crippen LogP contribution in [-0.2, 0) is 4.79 Å². The number of aliphatic hydroxyl groups excluding tert-OH is 2. The lowest BCUT2D eigenvalue weighted by Crippen LogP contribution is -2.45. The number of hydrogen-bond donors (Lipinski definition) is 3. The summed E-state index contributed by atoms with van der Waals surface area (Å²) in [6, 6.07) is -0.613. The Morgan fingerprint density at radius 1 is 0.511 bits per heavy atom. The molecule has 0 aromatic carbocycles. The third-order valence-electron chi connectivity index (χ3n) is 9.52. The van der Waals surface area contributed by atoms with Gasteiger partial charge in [0.05, 0.1) is 18.8 Å². The Bertz CT molecular complexity index is 608. The third kappa shape index (κ3) is 34.3. The number of nitrogens with one attached hydrogen (secondary N) is 1. The first kappa shape index (κ1) is 44.1. The van der Waals surface area contributed by atoms with Gasteiger partial charge >= 0.3 is 0 Å². The zero-order valence-electron chi connectivity index (χ0n) is 30.7.